The molecule has 6 heteroatoms. The van der Waals surface area contributed by atoms with Gasteiger partial charge in [-0.05, 0) is 28.1 Å². The van der Waals surface area contributed by atoms with Crippen molar-refractivity contribution in [1.82, 2.24) is 0 Å². The van der Waals surface area contributed by atoms with Gasteiger partial charge in [-0.2, -0.15) is 0 Å². The van der Waals surface area contributed by atoms with Crippen LogP contribution in [0.2, 0.25) is 0 Å². The predicted octanol–water partition coefficient (Wildman–Crippen LogP) is 2.00. The van der Waals surface area contributed by atoms with E-state index in [-0.39, 0.29) is 13.2 Å². The molecule has 1 rings (SSSR count). The molecule has 0 spiro atoms. The van der Waals surface area contributed by atoms with Gasteiger partial charge in [0.15, 0.2) is 0 Å². The van der Waals surface area contributed by atoms with Crippen molar-refractivity contribution in [3.63, 3.8) is 0 Å². The molecule has 0 fully saturated rings. The number of amides is 1. The first-order chi connectivity index (χ1) is 7.67. The van der Waals surface area contributed by atoms with Gasteiger partial charge in [-0.15, -0.1) is 0 Å². The first-order valence-corrected chi connectivity index (χ1v) is 5.35. The minimum atomic E-state index is -0.622. The topological polar surface area (TPSA) is 67.8 Å². The zero-order valence-electron chi connectivity index (χ0n) is 8.70. The lowest BCUT2D eigenvalue weighted by atomic mass is 10.3. The molecular weight excluding hydrogens is 278 g/mol. The standard InChI is InChI=1S/C10H12BrNO4/c1-15-7-2-3-8(11)9(6-7)12-10(14)16-5-4-13/h2-3,6,13H,4-5H2,1H3,(H,12,14). The monoisotopic (exact) mass is 289 g/mol. The molecule has 2 N–H and O–H groups in total. The van der Waals surface area contributed by atoms with Crippen molar-refractivity contribution >= 4 is 27.7 Å². The second-order valence-corrected chi connectivity index (χ2v) is 3.68. The van der Waals surface area contributed by atoms with E-state index in [1.54, 1.807) is 18.2 Å². The molecule has 0 bridgehead atoms. The van der Waals surface area contributed by atoms with Gasteiger partial charge in [0.1, 0.15) is 12.4 Å². The average molecular weight is 290 g/mol. The number of halogens is 1. The lowest BCUT2D eigenvalue weighted by Gasteiger charge is -2.09. The maximum Gasteiger partial charge on any atom is 0.411 e. The number of carbonyl (C=O) groups is 1. The summed E-state index contributed by atoms with van der Waals surface area (Å²) in [7, 11) is 1.54. The Bertz CT molecular complexity index is 370. The maximum atomic E-state index is 11.2. The van der Waals surface area contributed by atoms with E-state index in [1.165, 1.54) is 7.11 Å². The van der Waals surface area contributed by atoms with Crippen molar-refractivity contribution in [2.24, 2.45) is 0 Å². The summed E-state index contributed by atoms with van der Waals surface area (Å²) in [5.41, 5.74) is 0.544. The predicted molar refractivity (Wildman–Crippen MR) is 62.8 cm³/mol. The molecule has 0 heterocycles. The highest BCUT2D eigenvalue weighted by Gasteiger charge is 2.07. The summed E-state index contributed by atoms with van der Waals surface area (Å²) in [5, 5.41) is 11.0. The Hall–Kier alpha value is -1.27. The smallest absolute Gasteiger partial charge is 0.411 e. The van der Waals surface area contributed by atoms with Crippen LogP contribution in [0, 0.1) is 0 Å². The van der Waals surface area contributed by atoms with Crippen LogP contribution in [-0.4, -0.2) is 31.5 Å². The van der Waals surface area contributed by atoms with Gasteiger partial charge in [0.2, 0.25) is 0 Å². The van der Waals surface area contributed by atoms with Gasteiger partial charge in [0.05, 0.1) is 19.4 Å². The number of methoxy groups -OCH3 is 1. The zero-order chi connectivity index (χ0) is 12.0. The van der Waals surface area contributed by atoms with E-state index >= 15 is 0 Å². The van der Waals surface area contributed by atoms with Gasteiger partial charge in [-0.25, -0.2) is 4.79 Å². The lowest BCUT2D eigenvalue weighted by molar-refractivity contribution is 0.131. The highest BCUT2D eigenvalue weighted by molar-refractivity contribution is 9.10. The molecule has 0 aliphatic carbocycles. The molecule has 16 heavy (non-hydrogen) atoms. The van der Waals surface area contributed by atoms with Crippen LogP contribution >= 0.6 is 15.9 Å². The van der Waals surface area contributed by atoms with Crippen LogP contribution in [0.1, 0.15) is 0 Å². The highest BCUT2D eigenvalue weighted by atomic mass is 79.9. The van der Waals surface area contributed by atoms with Crippen molar-refractivity contribution < 1.29 is 19.4 Å². The minimum absolute atomic E-state index is 0.0343. The Morgan fingerprint density at radius 2 is 2.31 bits per heavy atom. The molecule has 0 saturated heterocycles. The minimum Gasteiger partial charge on any atom is -0.497 e. The van der Waals surface area contributed by atoms with E-state index in [0.717, 1.165) is 0 Å². The average Bonchev–Trinajstić information content (AvgIpc) is 2.29. The summed E-state index contributed by atoms with van der Waals surface area (Å²) in [4.78, 5) is 11.2. The summed E-state index contributed by atoms with van der Waals surface area (Å²) in [6.07, 6.45) is -0.622. The number of hydrogen-bond donors (Lipinski definition) is 2. The van der Waals surface area contributed by atoms with Crippen LogP contribution in [0.25, 0.3) is 0 Å². The molecule has 0 aliphatic heterocycles. The number of aliphatic hydroxyl groups excluding tert-OH is 1. The zero-order valence-corrected chi connectivity index (χ0v) is 10.3. The third-order valence-corrected chi connectivity index (χ3v) is 2.43. The van der Waals surface area contributed by atoms with E-state index in [0.29, 0.717) is 15.9 Å². The fourth-order valence-electron chi connectivity index (χ4n) is 1.01. The van der Waals surface area contributed by atoms with Crippen molar-refractivity contribution in [2.75, 3.05) is 25.6 Å². The molecule has 0 saturated carbocycles. The summed E-state index contributed by atoms with van der Waals surface area (Å²) in [6, 6.07) is 5.17. The van der Waals surface area contributed by atoms with Crippen LogP contribution in [0.4, 0.5) is 10.5 Å². The maximum absolute atomic E-state index is 11.2. The molecule has 0 unspecified atom stereocenters. The van der Waals surface area contributed by atoms with E-state index in [1.807, 2.05) is 0 Å². The van der Waals surface area contributed by atoms with Crippen molar-refractivity contribution in [3.8, 4) is 5.75 Å². The van der Waals surface area contributed by atoms with Gasteiger partial charge in [-0.3, -0.25) is 5.32 Å². The molecule has 0 radical (unpaired) electrons. The number of nitrogens with one attached hydrogen (secondary N) is 1. The van der Waals surface area contributed by atoms with Crippen LogP contribution < -0.4 is 10.1 Å². The Balaban J connectivity index is 2.68. The summed E-state index contributed by atoms with van der Waals surface area (Å²) in [6.45, 7) is -0.236. The Morgan fingerprint density at radius 1 is 1.56 bits per heavy atom. The van der Waals surface area contributed by atoms with Gasteiger partial charge in [-0.1, -0.05) is 0 Å². The number of hydrogen-bond acceptors (Lipinski definition) is 4. The highest BCUT2D eigenvalue weighted by Crippen LogP contribution is 2.27. The largest absolute Gasteiger partial charge is 0.497 e. The molecule has 0 atom stereocenters. The normalized spacial score (nSPS) is 9.69. The van der Waals surface area contributed by atoms with E-state index < -0.39 is 6.09 Å². The molecule has 1 aromatic carbocycles. The fourth-order valence-corrected chi connectivity index (χ4v) is 1.36. The van der Waals surface area contributed by atoms with Crippen molar-refractivity contribution in [3.05, 3.63) is 22.7 Å². The third kappa shape index (κ3) is 3.71. The van der Waals surface area contributed by atoms with E-state index in [4.69, 9.17) is 9.84 Å². The second kappa shape index (κ2) is 6.34. The van der Waals surface area contributed by atoms with E-state index in [9.17, 15) is 4.79 Å². The summed E-state index contributed by atoms with van der Waals surface area (Å²) < 4.78 is 10.4. The van der Waals surface area contributed by atoms with Gasteiger partial charge < -0.3 is 14.6 Å². The molecule has 0 aromatic heterocycles. The summed E-state index contributed by atoms with van der Waals surface area (Å²) >= 11 is 3.28. The number of anilines is 1. The Labute approximate surface area is 101 Å². The third-order valence-electron chi connectivity index (χ3n) is 1.73. The summed E-state index contributed by atoms with van der Waals surface area (Å²) in [5.74, 6) is 0.626. The first kappa shape index (κ1) is 12.8. The SMILES string of the molecule is COc1ccc(Br)c(NC(=O)OCCO)c1. The Kier molecular flexibility index (Phi) is 5.07. The van der Waals surface area contributed by atoms with Crippen LogP contribution in [0.15, 0.2) is 22.7 Å². The van der Waals surface area contributed by atoms with Gasteiger partial charge in [0, 0.05) is 10.5 Å². The van der Waals surface area contributed by atoms with Crippen LogP contribution in [0.3, 0.4) is 0 Å². The second-order valence-electron chi connectivity index (χ2n) is 2.83. The van der Waals surface area contributed by atoms with Gasteiger partial charge >= 0.3 is 6.09 Å². The number of benzene rings is 1. The fraction of sp³-hybridized carbons (Fsp3) is 0.300. The molecule has 0 aliphatic rings. The molecular formula is C10H12BrNO4. The number of aliphatic hydroxyl groups is 1. The Morgan fingerprint density at radius 3 is 2.94 bits per heavy atom. The van der Waals surface area contributed by atoms with Gasteiger partial charge in [0.25, 0.3) is 0 Å². The number of rotatable bonds is 4. The van der Waals surface area contributed by atoms with Crippen molar-refractivity contribution in [2.45, 2.75) is 0 Å². The van der Waals surface area contributed by atoms with Crippen molar-refractivity contribution in [1.29, 1.82) is 0 Å². The quantitative estimate of drug-likeness (QED) is 0.890. The number of ether oxygens (including phenoxy) is 2. The molecule has 1 aromatic rings. The molecule has 88 valence electrons. The number of carbonyl (C=O) groups excluding carboxylic acids is 1. The van der Waals surface area contributed by atoms with Crippen LogP contribution in [-0.2, 0) is 4.74 Å². The first-order valence-electron chi connectivity index (χ1n) is 4.55. The molecule has 1 amide bonds. The lowest BCUT2D eigenvalue weighted by Crippen LogP contribution is -2.16. The van der Waals surface area contributed by atoms with E-state index in [2.05, 4.69) is 26.0 Å². The molecule has 5 nitrogen and oxygen atoms in total. The van der Waals surface area contributed by atoms with Crippen LogP contribution in [0.5, 0.6) is 5.75 Å².